The van der Waals surface area contributed by atoms with E-state index in [0.29, 0.717) is 39.3 Å². The molecule has 8 heteroatoms. The molecular formula is C17H13ClN4O3. The summed E-state index contributed by atoms with van der Waals surface area (Å²) in [5.74, 6) is 1.60. The maximum Gasteiger partial charge on any atom is 0.274 e. The van der Waals surface area contributed by atoms with E-state index in [1.54, 1.807) is 37.5 Å². The number of nitrogens with zero attached hydrogens (tertiary/aromatic N) is 3. The monoisotopic (exact) mass is 356 g/mol. The molecule has 3 heterocycles. The maximum atomic E-state index is 12.4. The summed E-state index contributed by atoms with van der Waals surface area (Å²) >= 11 is 6.07. The van der Waals surface area contributed by atoms with Crippen molar-refractivity contribution in [2.24, 2.45) is 0 Å². The number of aromatic nitrogens is 4. The summed E-state index contributed by atoms with van der Waals surface area (Å²) in [7, 11) is 1.54. The molecule has 0 unspecified atom stereocenters. The first-order valence-electron chi connectivity index (χ1n) is 7.44. The summed E-state index contributed by atoms with van der Waals surface area (Å²) in [6.07, 6.45) is 3.16. The van der Waals surface area contributed by atoms with Crippen LogP contribution in [0.25, 0.3) is 28.4 Å². The molecule has 7 nitrogen and oxygen atoms in total. The van der Waals surface area contributed by atoms with Gasteiger partial charge in [0.15, 0.2) is 5.65 Å². The average Bonchev–Trinajstić information content (AvgIpc) is 3.21. The quantitative estimate of drug-likeness (QED) is 0.608. The fourth-order valence-electron chi connectivity index (χ4n) is 2.60. The molecule has 0 saturated carbocycles. The third kappa shape index (κ3) is 2.58. The number of aryl methyl sites for hydroxylation is 1. The first-order chi connectivity index (χ1) is 12.1. The number of methoxy groups -OCH3 is 1. The number of oxazole rings is 1. The van der Waals surface area contributed by atoms with Crippen LogP contribution in [-0.4, -0.2) is 26.7 Å². The van der Waals surface area contributed by atoms with Crippen LogP contribution in [0.5, 0.6) is 5.75 Å². The van der Waals surface area contributed by atoms with E-state index in [1.165, 1.54) is 17.7 Å². The van der Waals surface area contributed by atoms with Crippen LogP contribution in [0.3, 0.4) is 0 Å². The molecule has 1 N–H and O–H groups in total. The highest BCUT2D eigenvalue weighted by Gasteiger charge is 2.15. The molecule has 4 aromatic rings. The van der Waals surface area contributed by atoms with Gasteiger partial charge in [0.25, 0.3) is 5.56 Å². The Morgan fingerprint density at radius 1 is 1.28 bits per heavy atom. The molecule has 0 fully saturated rings. The maximum absolute atomic E-state index is 12.4. The molecule has 1 aromatic carbocycles. The van der Waals surface area contributed by atoms with Crippen molar-refractivity contribution in [1.29, 1.82) is 0 Å². The second-order valence-electron chi connectivity index (χ2n) is 5.47. The summed E-state index contributed by atoms with van der Waals surface area (Å²) in [4.78, 5) is 19.8. The number of nitrogens with one attached hydrogen (secondary N) is 1. The second-order valence-corrected chi connectivity index (χ2v) is 5.87. The minimum Gasteiger partial charge on any atom is -0.495 e. The van der Waals surface area contributed by atoms with Crippen LogP contribution < -0.4 is 10.3 Å². The molecule has 4 rings (SSSR count). The predicted octanol–water partition coefficient (Wildman–Crippen LogP) is 3.32. The average molecular weight is 357 g/mol. The largest absolute Gasteiger partial charge is 0.495 e. The van der Waals surface area contributed by atoms with Crippen LogP contribution in [0.15, 0.2) is 45.9 Å². The Bertz CT molecular complexity index is 1140. The van der Waals surface area contributed by atoms with Gasteiger partial charge in [-0.1, -0.05) is 17.7 Å². The summed E-state index contributed by atoms with van der Waals surface area (Å²) in [5, 5.41) is 4.61. The van der Waals surface area contributed by atoms with Gasteiger partial charge in [-0.3, -0.25) is 4.79 Å². The van der Waals surface area contributed by atoms with Crippen molar-refractivity contribution in [3.63, 3.8) is 0 Å². The number of hydrogen-bond acceptors (Lipinski definition) is 5. The fraction of sp³-hybridized carbons (Fsp3) is 0.118. The standard InChI is InChI=1S/C17H13ClN4O3/c1-9-7-19-17(25-9)11-8-20-22-15(23)6-13(21-16(11)22)10-3-4-12(18)14(5-10)24-2/h3-8,21H,1-2H3. The van der Waals surface area contributed by atoms with Crippen LogP contribution in [0.2, 0.25) is 5.02 Å². The Labute approximate surface area is 146 Å². The molecule has 3 aromatic heterocycles. The first kappa shape index (κ1) is 15.5. The molecule has 0 bridgehead atoms. The van der Waals surface area contributed by atoms with Crippen LogP contribution in [0, 0.1) is 6.92 Å². The Balaban J connectivity index is 1.93. The number of benzene rings is 1. The van der Waals surface area contributed by atoms with Crippen LogP contribution in [0.4, 0.5) is 0 Å². The SMILES string of the molecule is COc1cc(-c2cc(=O)n3ncc(-c4ncc(C)o4)c3[nH]2)ccc1Cl. The van der Waals surface area contributed by atoms with Crippen molar-refractivity contribution in [3.8, 4) is 28.5 Å². The molecule has 0 aliphatic rings. The van der Waals surface area contributed by atoms with Gasteiger partial charge in [0.1, 0.15) is 17.1 Å². The lowest BCUT2D eigenvalue weighted by Gasteiger charge is -2.07. The van der Waals surface area contributed by atoms with E-state index < -0.39 is 0 Å². The van der Waals surface area contributed by atoms with Crippen LogP contribution >= 0.6 is 11.6 Å². The topological polar surface area (TPSA) is 85.4 Å². The summed E-state index contributed by atoms with van der Waals surface area (Å²) in [5.41, 5.74) is 2.20. The van der Waals surface area contributed by atoms with Crippen LogP contribution in [0.1, 0.15) is 5.76 Å². The van der Waals surface area contributed by atoms with Gasteiger partial charge in [0.05, 0.1) is 30.2 Å². The molecule has 0 spiro atoms. The zero-order valence-electron chi connectivity index (χ0n) is 13.4. The predicted molar refractivity (Wildman–Crippen MR) is 93.0 cm³/mol. The number of halogens is 1. The highest BCUT2D eigenvalue weighted by molar-refractivity contribution is 6.32. The zero-order chi connectivity index (χ0) is 17.6. The first-order valence-corrected chi connectivity index (χ1v) is 7.82. The van der Waals surface area contributed by atoms with Gasteiger partial charge in [-0.05, 0) is 19.1 Å². The van der Waals surface area contributed by atoms with E-state index >= 15 is 0 Å². The van der Waals surface area contributed by atoms with Crippen molar-refractivity contribution < 1.29 is 9.15 Å². The molecule has 0 atom stereocenters. The van der Waals surface area contributed by atoms with E-state index in [-0.39, 0.29) is 5.56 Å². The normalized spacial score (nSPS) is 11.2. The zero-order valence-corrected chi connectivity index (χ0v) is 14.2. The third-order valence-electron chi connectivity index (χ3n) is 3.81. The van der Waals surface area contributed by atoms with Gasteiger partial charge in [0, 0.05) is 11.6 Å². The highest BCUT2D eigenvalue weighted by atomic mass is 35.5. The summed E-state index contributed by atoms with van der Waals surface area (Å²) in [6.45, 7) is 1.80. The van der Waals surface area contributed by atoms with E-state index in [4.69, 9.17) is 20.8 Å². The van der Waals surface area contributed by atoms with Crippen molar-refractivity contribution in [1.82, 2.24) is 19.6 Å². The van der Waals surface area contributed by atoms with Crippen molar-refractivity contribution >= 4 is 17.2 Å². The Morgan fingerprint density at radius 2 is 2.12 bits per heavy atom. The van der Waals surface area contributed by atoms with Gasteiger partial charge >= 0.3 is 0 Å². The number of fused-ring (bicyclic) bond motifs is 1. The van der Waals surface area contributed by atoms with Gasteiger partial charge in [0.2, 0.25) is 5.89 Å². The van der Waals surface area contributed by atoms with E-state index in [2.05, 4.69) is 15.1 Å². The van der Waals surface area contributed by atoms with E-state index in [1.807, 2.05) is 0 Å². The smallest absolute Gasteiger partial charge is 0.274 e. The molecule has 126 valence electrons. The van der Waals surface area contributed by atoms with Crippen molar-refractivity contribution in [2.45, 2.75) is 6.92 Å². The molecule has 0 amide bonds. The molecule has 0 aliphatic heterocycles. The number of rotatable bonds is 3. The molecule has 0 saturated heterocycles. The van der Waals surface area contributed by atoms with Gasteiger partial charge in [-0.25, -0.2) is 4.98 Å². The van der Waals surface area contributed by atoms with Crippen molar-refractivity contribution in [3.05, 3.63) is 57.8 Å². The highest BCUT2D eigenvalue weighted by Crippen LogP contribution is 2.30. The third-order valence-corrected chi connectivity index (χ3v) is 4.12. The number of ether oxygens (including phenoxy) is 1. The lowest BCUT2D eigenvalue weighted by atomic mass is 10.1. The summed E-state index contributed by atoms with van der Waals surface area (Å²) in [6, 6.07) is 6.74. The van der Waals surface area contributed by atoms with E-state index in [0.717, 1.165) is 5.56 Å². The number of H-pyrrole nitrogens is 1. The van der Waals surface area contributed by atoms with Gasteiger partial charge in [-0.2, -0.15) is 9.61 Å². The van der Waals surface area contributed by atoms with Gasteiger partial charge in [-0.15, -0.1) is 0 Å². The second kappa shape index (κ2) is 5.78. The Kier molecular flexibility index (Phi) is 3.58. The lowest BCUT2D eigenvalue weighted by Crippen LogP contribution is -2.14. The minimum absolute atomic E-state index is 0.271. The summed E-state index contributed by atoms with van der Waals surface area (Å²) < 4.78 is 12.1. The number of aromatic amines is 1. The molecular weight excluding hydrogens is 344 g/mol. The Hall–Kier alpha value is -3.06. The van der Waals surface area contributed by atoms with Gasteiger partial charge < -0.3 is 14.1 Å². The Morgan fingerprint density at radius 3 is 2.84 bits per heavy atom. The minimum atomic E-state index is -0.271. The van der Waals surface area contributed by atoms with Crippen molar-refractivity contribution in [2.75, 3.05) is 7.11 Å². The number of hydrogen-bond donors (Lipinski definition) is 1. The fourth-order valence-corrected chi connectivity index (χ4v) is 2.80. The molecule has 25 heavy (non-hydrogen) atoms. The van der Waals surface area contributed by atoms with Crippen LogP contribution in [-0.2, 0) is 0 Å². The lowest BCUT2D eigenvalue weighted by molar-refractivity contribution is 0.415. The molecule has 0 radical (unpaired) electrons. The van der Waals surface area contributed by atoms with E-state index in [9.17, 15) is 4.79 Å². The molecule has 0 aliphatic carbocycles.